The fraction of sp³-hybridized carbons (Fsp3) is 0.700. The average molecular weight is 212 g/mol. The Morgan fingerprint density at radius 3 is 1.93 bits per heavy atom. The minimum atomic E-state index is 0.383. The summed E-state index contributed by atoms with van der Waals surface area (Å²) in [6, 6.07) is 0. The normalized spacial score (nSPS) is 22.7. The van der Waals surface area contributed by atoms with Crippen LogP contribution >= 0.6 is 0 Å². The lowest BCUT2D eigenvalue weighted by atomic mass is 9.83. The number of rotatable bonds is 1. The van der Waals surface area contributed by atoms with Gasteiger partial charge in [0.2, 0.25) is 12.2 Å². The van der Waals surface area contributed by atoms with Gasteiger partial charge in [0.1, 0.15) is 6.29 Å². The molecular formula is C10H16N2O3. The van der Waals surface area contributed by atoms with Gasteiger partial charge in [-0.05, 0) is 18.8 Å². The molecule has 15 heavy (non-hydrogen) atoms. The van der Waals surface area contributed by atoms with Gasteiger partial charge in [0.25, 0.3) is 0 Å². The maximum Gasteiger partial charge on any atom is 0.231 e. The van der Waals surface area contributed by atoms with Gasteiger partial charge in [-0.2, -0.15) is 0 Å². The van der Waals surface area contributed by atoms with Crippen LogP contribution in [0.2, 0.25) is 0 Å². The summed E-state index contributed by atoms with van der Waals surface area (Å²) < 4.78 is 0. The molecule has 5 heteroatoms. The van der Waals surface area contributed by atoms with E-state index >= 15 is 0 Å². The summed E-state index contributed by atoms with van der Waals surface area (Å²) in [6.45, 7) is 2.23. The molecule has 2 N–H and O–H groups in total. The minimum absolute atomic E-state index is 0.383. The highest BCUT2D eigenvalue weighted by Gasteiger charge is 2.17. The first kappa shape index (κ1) is 15.9. The molecule has 0 bridgehead atoms. The summed E-state index contributed by atoms with van der Waals surface area (Å²) in [5, 5.41) is 10.8. The first-order valence-corrected chi connectivity index (χ1v) is 4.69. The molecule has 0 saturated heterocycles. The van der Waals surface area contributed by atoms with Crippen LogP contribution in [-0.2, 0) is 14.4 Å². The van der Waals surface area contributed by atoms with E-state index in [0.717, 1.165) is 37.2 Å². The van der Waals surface area contributed by atoms with Crippen LogP contribution in [0, 0.1) is 22.7 Å². The molecule has 1 rings (SSSR count). The number of hydrogen-bond donors (Lipinski definition) is 2. The number of carbonyl (C=O) groups is 1. The average Bonchev–Trinajstić information content (AvgIpc) is 2.20. The molecule has 1 fully saturated rings. The van der Waals surface area contributed by atoms with Crippen molar-refractivity contribution in [1.82, 2.24) is 0 Å². The fourth-order valence-corrected chi connectivity index (χ4v) is 1.60. The van der Waals surface area contributed by atoms with E-state index in [0.29, 0.717) is 5.92 Å². The van der Waals surface area contributed by atoms with Crippen molar-refractivity contribution in [2.24, 2.45) is 11.8 Å². The molecule has 0 aromatic heterocycles. The molecule has 0 heterocycles. The third-order valence-corrected chi connectivity index (χ3v) is 2.17. The smallest absolute Gasteiger partial charge is 0.231 e. The lowest BCUT2D eigenvalue weighted by Crippen LogP contribution is -2.13. The van der Waals surface area contributed by atoms with Crippen molar-refractivity contribution in [2.75, 3.05) is 0 Å². The van der Waals surface area contributed by atoms with E-state index in [9.17, 15) is 4.79 Å². The van der Waals surface area contributed by atoms with Gasteiger partial charge in [0.15, 0.2) is 0 Å². The zero-order valence-electron chi connectivity index (χ0n) is 8.79. The lowest BCUT2D eigenvalue weighted by molar-refractivity contribution is -0.112. The lowest BCUT2D eigenvalue weighted by Gasteiger charge is -2.21. The van der Waals surface area contributed by atoms with Gasteiger partial charge in [-0.25, -0.2) is 20.4 Å². The van der Waals surface area contributed by atoms with Crippen molar-refractivity contribution in [3.8, 4) is 0 Å². The second-order valence-electron chi connectivity index (χ2n) is 3.37. The van der Waals surface area contributed by atoms with E-state index in [-0.39, 0.29) is 0 Å². The highest BCUT2D eigenvalue weighted by atomic mass is 16.1. The number of isocyanates is 2. The Kier molecular flexibility index (Phi) is 13.2. The molecule has 1 saturated carbocycles. The molecule has 2 atom stereocenters. The van der Waals surface area contributed by atoms with Crippen LogP contribution in [0.1, 0.15) is 32.6 Å². The topological polar surface area (TPSA) is 98.9 Å². The van der Waals surface area contributed by atoms with E-state index in [1.807, 2.05) is 0 Å². The predicted octanol–water partition coefficient (Wildman–Crippen LogP) is 1.81. The summed E-state index contributed by atoms with van der Waals surface area (Å²) >= 11 is 0. The SMILES string of the molecule is CC1CCCC(C=O)C1.N=C=O.N=C=O. The maximum atomic E-state index is 10.3. The summed E-state index contributed by atoms with van der Waals surface area (Å²) in [4.78, 5) is 27.0. The first-order chi connectivity index (χ1) is 7.15. The van der Waals surface area contributed by atoms with Crippen molar-refractivity contribution in [3.05, 3.63) is 0 Å². The highest BCUT2D eigenvalue weighted by Crippen LogP contribution is 2.26. The third kappa shape index (κ3) is 12.4. The van der Waals surface area contributed by atoms with Gasteiger partial charge < -0.3 is 4.79 Å². The highest BCUT2D eigenvalue weighted by molar-refractivity contribution is 5.53. The molecule has 0 aromatic carbocycles. The number of nitrogens with one attached hydrogen (secondary N) is 2. The Labute approximate surface area is 88.9 Å². The summed E-state index contributed by atoms with van der Waals surface area (Å²) in [5.74, 6) is 1.17. The summed E-state index contributed by atoms with van der Waals surface area (Å²) in [6.07, 6.45) is 7.46. The Balaban J connectivity index is 0. The maximum absolute atomic E-state index is 10.3. The van der Waals surface area contributed by atoms with Crippen LogP contribution in [0.15, 0.2) is 0 Å². The van der Waals surface area contributed by atoms with Gasteiger partial charge in [0.05, 0.1) is 0 Å². The van der Waals surface area contributed by atoms with Crippen molar-refractivity contribution in [1.29, 1.82) is 10.8 Å². The van der Waals surface area contributed by atoms with Crippen molar-refractivity contribution in [2.45, 2.75) is 32.6 Å². The Morgan fingerprint density at radius 2 is 1.67 bits per heavy atom. The quantitative estimate of drug-likeness (QED) is 0.394. The largest absolute Gasteiger partial charge is 0.303 e. The van der Waals surface area contributed by atoms with E-state index in [1.54, 1.807) is 0 Å². The molecule has 1 aliphatic rings. The summed E-state index contributed by atoms with van der Waals surface area (Å²) in [5.41, 5.74) is 0. The molecule has 0 amide bonds. The molecule has 0 aliphatic heterocycles. The minimum Gasteiger partial charge on any atom is -0.303 e. The standard InChI is InChI=1S/C8H14O.2CHNO/c1-7-3-2-4-8(5-7)6-9;2*2-1-3/h6-8H,2-5H2,1H3;2*2H. The number of aldehydes is 1. The van der Waals surface area contributed by atoms with E-state index in [2.05, 4.69) is 6.92 Å². The fourth-order valence-electron chi connectivity index (χ4n) is 1.60. The molecule has 0 radical (unpaired) electrons. The zero-order chi connectivity index (χ0) is 12.1. The van der Waals surface area contributed by atoms with Gasteiger partial charge >= 0.3 is 0 Å². The van der Waals surface area contributed by atoms with Gasteiger partial charge in [-0.3, -0.25) is 0 Å². The number of hydrogen-bond acceptors (Lipinski definition) is 5. The van der Waals surface area contributed by atoms with Crippen molar-refractivity contribution < 1.29 is 14.4 Å². The molecule has 5 nitrogen and oxygen atoms in total. The monoisotopic (exact) mass is 212 g/mol. The van der Waals surface area contributed by atoms with E-state index in [4.69, 9.17) is 20.4 Å². The van der Waals surface area contributed by atoms with Crippen molar-refractivity contribution in [3.63, 3.8) is 0 Å². The van der Waals surface area contributed by atoms with Crippen LogP contribution in [0.3, 0.4) is 0 Å². The Bertz CT molecular complexity index is 217. The molecule has 1 aliphatic carbocycles. The van der Waals surface area contributed by atoms with Crippen LogP contribution in [0.25, 0.3) is 0 Å². The van der Waals surface area contributed by atoms with Gasteiger partial charge in [-0.15, -0.1) is 0 Å². The van der Waals surface area contributed by atoms with Gasteiger partial charge in [0, 0.05) is 5.92 Å². The Morgan fingerprint density at radius 1 is 1.20 bits per heavy atom. The van der Waals surface area contributed by atoms with E-state index < -0.39 is 0 Å². The second kappa shape index (κ2) is 12.4. The molecule has 84 valence electrons. The molecular weight excluding hydrogens is 196 g/mol. The van der Waals surface area contributed by atoms with Crippen molar-refractivity contribution >= 4 is 18.4 Å². The number of carbonyl (C=O) groups excluding carboxylic acids is 3. The molecule has 0 aromatic rings. The van der Waals surface area contributed by atoms with Crippen LogP contribution in [0.5, 0.6) is 0 Å². The zero-order valence-corrected chi connectivity index (χ0v) is 8.79. The third-order valence-electron chi connectivity index (χ3n) is 2.17. The van der Waals surface area contributed by atoms with Crippen LogP contribution in [0.4, 0.5) is 0 Å². The summed E-state index contributed by atoms with van der Waals surface area (Å²) in [7, 11) is 0. The first-order valence-electron chi connectivity index (χ1n) is 4.69. The Hall–Kier alpha value is -1.57. The predicted molar refractivity (Wildman–Crippen MR) is 54.0 cm³/mol. The molecule has 0 spiro atoms. The second-order valence-corrected chi connectivity index (χ2v) is 3.37. The van der Waals surface area contributed by atoms with Gasteiger partial charge in [-0.1, -0.05) is 19.8 Å². The molecule has 2 unspecified atom stereocenters. The van der Waals surface area contributed by atoms with E-state index in [1.165, 1.54) is 12.8 Å². The van der Waals surface area contributed by atoms with Crippen LogP contribution < -0.4 is 0 Å². The van der Waals surface area contributed by atoms with Crippen LogP contribution in [-0.4, -0.2) is 18.4 Å².